The van der Waals surface area contributed by atoms with E-state index in [1.807, 2.05) is 42.5 Å². The maximum Gasteiger partial charge on any atom is 0.328 e. The van der Waals surface area contributed by atoms with Gasteiger partial charge in [-0.3, -0.25) is 14.2 Å². The van der Waals surface area contributed by atoms with Gasteiger partial charge in [0, 0.05) is 10.6 Å². The second kappa shape index (κ2) is 11.3. The average Bonchev–Trinajstić information content (AvgIpc) is 2.89. The summed E-state index contributed by atoms with van der Waals surface area (Å²) in [5.74, 6) is -0.718. The van der Waals surface area contributed by atoms with Crippen LogP contribution in [0, 0.1) is 0 Å². The molecule has 1 atom stereocenters. The number of hydrogen-bond acceptors (Lipinski definition) is 6. The molecule has 0 fully saturated rings. The second-order valence-electron chi connectivity index (χ2n) is 8.48. The van der Waals surface area contributed by atoms with Gasteiger partial charge in [0.05, 0.1) is 18.0 Å². The third-order valence-corrected chi connectivity index (χ3v) is 6.23. The number of aromatic nitrogens is 2. The second-order valence-corrected chi connectivity index (χ2v) is 8.91. The lowest BCUT2D eigenvalue weighted by Gasteiger charge is -2.18. The van der Waals surface area contributed by atoms with Crippen LogP contribution in [0.25, 0.3) is 33.1 Å². The molecule has 0 aliphatic heterocycles. The summed E-state index contributed by atoms with van der Waals surface area (Å²) in [6.45, 7) is 0.151. The molecule has 0 spiro atoms. The summed E-state index contributed by atoms with van der Waals surface area (Å²) in [6, 6.07) is 17.6. The van der Waals surface area contributed by atoms with Gasteiger partial charge in [0.1, 0.15) is 18.4 Å². The zero-order valence-electron chi connectivity index (χ0n) is 19.9. The van der Waals surface area contributed by atoms with Crippen LogP contribution in [0.15, 0.2) is 65.5 Å². The number of amides is 1. The van der Waals surface area contributed by atoms with E-state index >= 15 is 0 Å². The van der Waals surface area contributed by atoms with Crippen LogP contribution in [-0.4, -0.2) is 41.1 Å². The van der Waals surface area contributed by atoms with Crippen molar-refractivity contribution in [2.75, 3.05) is 13.7 Å². The number of esters is 1. The molecule has 3 aromatic carbocycles. The van der Waals surface area contributed by atoms with Gasteiger partial charge in [-0.25, -0.2) is 9.78 Å². The van der Waals surface area contributed by atoms with Crippen LogP contribution >= 0.6 is 11.6 Å². The highest BCUT2D eigenvalue weighted by atomic mass is 35.5. The molecule has 0 saturated carbocycles. The molecule has 36 heavy (non-hydrogen) atoms. The number of ether oxygens (including phenoxy) is 1. The number of halogens is 1. The van der Waals surface area contributed by atoms with Crippen LogP contribution in [0.5, 0.6) is 0 Å². The largest absolute Gasteiger partial charge is 0.467 e. The molecule has 4 aromatic rings. The maximum absolute atomic E-state index is 13.5. The third-order valence-electron chi connectivity index (χ3n) is 5.99. The van der Waals surface area contributed by atoms with Crippen molar-refractivity contribution >= 4 is 45.2 Å². The fourth-order valence-corrected chi connectivity index (χ4v) is 4.33. The number of fused-ring (bicyclic) bond motifs is 2. The predicted molar refractivity (Wildman–Crippen MR) is 141 cm³/mol. The van der Waals surface area contributed by atoms with Gasteiger partial charge in [-0.2, -0.15) is 0 Å². The highest BCUT2D eigenvalue weighted by Crippen LogP contribution is 2.25. The third kappa shape index (κ3) is 5.56. The molecular weight excluding hydrogens is 480 g/mol. The fourth-order valence-electron chi connectivity index (χ4n) is 4.16. The van der Waals surface area contributed by atoms with Crippen molar-refractivity contribution in [1.29, 1.82) is 0 Å². The van der Waals surface area contributed by atoms with Crippen molar-refractivity contribution in [3.8, 4) is 11.4 Å². The number of methoxy groups -OCH3 is 1. The summed E-state index contributed by atoms with van der Waals surface area (Å²) in [6.07, 6.45) is 1.74. The van der Waals surface area contributed by atoms with Gasteiger partial charge in [0.25, 0.3) is 5.56 Å². The fraction of sp³-hybridized carbons (Fsp3) is 0.259. The monoisotopic (exact) mass is 506 g/mol. The lowest BCUT2D eigenvalue weighted by molar-refractivity contribution is -0.145. The topological polar surface area (TPSA) is 116 Å². The van der Waals surface area contributed by atoms with Gasteiger partial charge in [-0.15, -0.1) is 0 Å². The van der Waals surface area contributed by atoms with E-state index in [9.17, 15) is 14.4 Å². The van der Waals surface area contributed by atoms with Crippen LogP contribution in [0.4, 0.5) is 0 Å². The quantitative estimate of drug-likeness (QED) is 0.264. The molecule has 9 heteroatoms. The van der Waals surface area contributed by atoms with Crippen molar-refractivity contribution in [2.24, 2.45) is 5.73 Å². The molecule has 0 bridgehead atoms. The number of hydrogen-bond donors (Lipinski definition) is 2. The highest BCUT2D eigenvalue weighted by molar-refractivity contribution is 6.31. The van der Waals surface area contributed by atoms with Crippen molar-refractivity contribution in [3.05, 3.63) is 76.0 Å². The number of unbranched alkanes of at least 4 members (excludes halogenated alkanes) is 1. The SMILES string of the molecule is COC(=O)C(CCCCN)NC(=O)Cn1c(-c2ccc3ccccc3c2)nc2ccc(Cl)cc2c1=O. The predicted octanol–water partition coefficient (Wildman–Crippen LogP) is 3.66. The minimum Gasteiger partial charge on any atom is -0.467 e. The molecule has 0 aliphatic carbocycles. The number of nitrogens with one attached hydrogen (secondary N) is 1. The molecule has 186 valence electrons. The minimum absolute atomic E-state index is 0.298. The molecule has 1 unspecified atom stereocenters. The first kappa shape index (κ1) is 25.3. The number of carbonyl (C=O) groups excluding carboxylic acids is 2. The minimum atomic E-state index is -0.836. The van der Waals surface area contributed by atoms with E-state index in [1.165, 1.54) is 17.7 Å². The van der Waals surface area contributed by atoms with Crippen LogP contribution in [-0.2, 0) is 20.9 Å². The van der Waals surface area contributed by atoms with E-state index in [2.05, 4.69) is 5.32 Å². The average molecular weight is 507 g/mol. The van der Waals surface area contributed by atoms with Gasteiger partial charge < -0.3 is 15.8 Å². The highest BCUT2D eigenvalue weighted by Gasteiger charge is 2.23. The Morgan fingerprint density at radius 2 is 1.86 bits per heavy atom. The standard InChI is InChI=1S/C27H27ClN4O4/c1-36-27(35)23(8-4-5-13-29)30-24(33)16-32-25(19-10-9-17-6-2-3-7-18(17)14-19)31-22-12-11-20(28)15-21(22)26(32)34/h2-3,6-7,9-12,14-15,23H,4-5,8,13,16,29H2,1H3,(H,30,33). The molecule has 0 aliphatic rings. The van der Waals surface area contributed by atoms with E-state index in [-0.39, 0.29) is 6.54 Å². The van der Waals surface area contributed by atoms with E-state index < -0.39 is 23.5 Å². The van der Waals surface area contributed by atoms with Gasteiger partial charge in [-0.1, -0.05) is 48.0 Å². The van der Waals surface area contributed by atoms with Gasteiger partial charge in [0.15, 0.2) is 0 Å². The molecule has 4 rings (SSSR count). The van der Waals surface area contributed by atoms with Crippen molar-refractivity contribution < 1.29 is 14.3 Å². The summed E-state index contributed by atoms with van der Waals surface area (Å²) >= 11 is 6.14. The Hall–Kier alpha value is -3.75. The molecule has 8 nitrogen and oxygen atoms in total. The zero-order chi connectivity index (χ0) is 25.7. The number of carbonyl (C=O) groups is 2. The van der Waals surface area contributed by atoms with E-state index in [4.69, 9.17) is 27.1 Å². The van der Waals surface area contributed by atoms with Gasteiger partial charge >= 0.3 is 5.97 Å². The van der Waals surface area contributed by atoms with Crippen LogP contribution in [0.2, 0.25) is 5.02 Å². The smallest absolute Gasteiger partial charge is 0.328 e. The van der Waals surface area contributed by atoms with Gasteiger partial charge in [0.2, 0.25) is 5.91 Å². The Labute approximate surface area is 213 Å². The zero-order valence-corrected chi connectivity index (χ0v) is 20.6. The molecule has 1 aromatic heterocycles. The number of nitrogens with two attached hydrogens (primary N) is 1. The van der Waals surface area contributed by atoms with E-state index in [0.29, 0.717) is 53.1 Å². The Kier molecular flexibility index (Phi) is 7.97. The summed E-state index contributed by atoms with van der Waals surface area (Å²) in [4.78, 5) is 43.5. The lowest BCUT2D eigenvalue weighted by atomic mass is 10.1. The van der Waals surface area contributed by atoms with Crippen molar-refractivity contribution in [2.45, 2.75) is 31.8 Å². The van der Waals surface area contributed by atoms with E-state index in [0.717, 1.165) is 10.8 Å². The first-order valence-electron chi connectivity index (χ1n) is 11.7. The van der Waals surface area contributed by atoms with Crippen LogP contribution in [0.3, 0.4) is 0 Å². The van der Waals surface area contributed by atoms with Crippen molar-refractivity contribution in [1.82, 2.24) is 14.9 Å². The molecule has 1 heterocycles. The summed E-state index contributed by atoms with van der Waals surface area (Å²) in [5, 5.41) is 5.41. The first-order valence-corrected chi connectivity index (χ1v) is 12.1. The Morgan fingerprint density at radius 3 is 2.61 bits per heavy atom. The Bertz CT molecular complexity index is 1480. The summed E-state index contributed by atoms with van der Waals surface area (Å²) in [7, 11) is 1.27. The normalized spacial score (nSPS) is 12.0. The number of benzene rings is 3. The molecule has 0 radical (unpaired) electrons. The first-order chi connectivity index (χ1) is 17.4. The maximum atomic E-state index is 13.5. The summed E-state index contributed by atoms with van der Waals surface area (Å²) in [5.41, 5.74) is 6.30. The van der Waals surface area contributed by atoms with Crippen LogP contribution < -0.4 is 16.6 Å². The Balaban J connectivity index is 1.75. The van der Waals surface area contributed by atoms with Crippen molar-refractivity contribution in [3.63, 3.8) is 0 Å². The lowest BCUT2D eigenvalue weighted by Crippen LogP contribution is -2.44. The van der Waals surface area contributed by atoms with E-state index in [1.54, 1.807) is 12.1 Å². The molecule has 0 saturated heterocycles. The number of nitrogens with zero attached hydrogens (tertiary/aromatic N) is 2. The molecular formula is C27H27ClN4O4. The van der Waals surface area contributed by atoms with Crippen LogP contribution in [0.1, 0.15) is 19.3 Å². The Morgan fingerprint density at radius 1 is 1.08 bits per heavy atom. The summed E-state index contributed by atoms with van der Waals surface area (Å²) < 4.78 is 6.15. The molecule has 1 amide bonds. The van der Waals surface area contributed by atoms with Gasteiger partial charge in [-0.05, 0) is 60.8 Å². The number of rotatable bonds is 9. The molecule has 3 N–H and O–H groups in total.